The van der Waals surface area contributed by atoms with Crippen molar-refractivity contribution in [1.29, 1.82) is 0 Å². The van der Waals surface area contributed by atoms with Crippen LogP contribution in [0.15, 0.2) is 42.7 Å². The van der Waals surface area contributed by atoms with Crippen molar-refractivity contribution in [2.45, 2.75) is 50.7 Å². The van der Waals surface area contributed by atoms with Gasteiger partial charge in [0.25, 0.3) is 5.91 Å². The number of nitrogens with zero attached hydrogens (tertiary/aromatic N) is 2. The lowest BCUT2D eigenvalue weighted by Gasteiger charge is -2.36. The Labute approximate surface area is 190 Å². The SMILES string of the molecule is COc1ccc(OC2CCN(C3CCCC3)CC2)c(C(=O)NCCOc2cccnc2)c1. The molecule has 7 nitrogen and oxygen atoms in total. The van der Waals surface area contributed by atoms with Crippen LogP contribution in [0.2, 0.25) is 0 Å². The van der Waals surface area contributed by atoms with Gasteiger partial charge in [0.15, 0.2) is 0 Å². The third-order valence-corrected chi connectivity index (χ3v) is 6.33. The number of pyridine rings is 1. The molecule has 1 saturated heterocycles. The van der Waals surface area contributed by atoms with E-state index in [0.29, 0.717) is 36.0 Å². The minimum Gasteiger partial charge on any atom is -0.497 e. The molecule has 4 rings (SSSR count). The number of nitrogens with one attached hydrogen (secondary N) is 1. The van der Waals surface area contributed by atoms with E-state index in [1.165, 1.54) is 25.7 Å². The third kappa shape index (κ3) is 5.91. The topological polar surface area (TPSA) is 72.9 Å². The summed E-state index contributed by atoms with van der Waals surface area (Å²) in [5.74, 6) is 1.72. The molecule has 0 radical (unpaired) electrons. The summed E-state index contributed by atoms with van der Waals surface area (Å²) in [6.07, 6.45) is 10.8. The first-order chi connectivity index (χ1) is 15.7. The van der Waals surface area contributed by atoms with E-state index in [-0.39, 0.29) is 12.0 Å². The van der Waals surface area contributed by atoms with E-state index in [1.54, 1.807) is 25.6 Å². The molecular weight excluding hydrogens is 406 g/mol. The van der Waals surface area contributed by atoms with Crippen molar-refractivity contribution in [2.75, 3.05) is 33.4 Å². The summed E-state index contributed by atoms with van der Waals surface area (Å²) >= 11 is 0. The second-order valence-corrected chi connectivity index (χ2v) is 8.45. The first-order valence-corrected chi connectivity index (χ1v) is 11.6. The molecule has 1 aliphatic heterocycles. The number of ether oxygens (including phenoxy) is 3. The molecule has 2 aliphatic rings. The Morgan fingerprint density at radius 2 is 1.94 bits per heavy atom. The van der Waals surface area contributed by atoms with E-state index in [4.69, 9.17) is 14.2 Å². The molecule has 1 saturated carbocycles. The molecule has 1 amide bonds. The zero-order valence-corrected chi connectivity index (χ0v) is 18.8. The summed E-state index contributed by atoms with van der Waals surface area (Å²) in [5, 5.41) is 2.91. The molecule has 2 fully saturated rings. The van der Waals surface area contributed by atoms with Gasteiger partial charge in [0.1, 0.15) is 30.0 Å². The van der Waals surface area contributed by atoms with Crippen molar-refractivity contribution in [1.82, 2.24) is 15.2 Å². The molecular formula is C25H33N3O4. The van der Waals surface area contributed by atoms with Gasteiger partial charge in [-0.3, -0.25) is 9.78 Å². The Morgan fingerprint density at radius 3 is 2.66 bits per heavy atom. The zero-order valence-electron chi connectivity index (χ0n) is 18.8. The third-order valence-electron chi connectivity index (χ3n) is 6.33. The second-order valence-electron chi connectivity index (χ2n) is 8.45. The number of hydrogen-bond acceptors (Lipinski definition) is 6. The summed E-state index contributed by atoms with van der Waals surface area (Å²) in [4.78, 5) is 19.5. The van der Waals surface area contributed by atoms with E-state index < -0.39 is 0 Å². The highest BCUT2D eigenvalue weighted by atomic mass is 16.5. The van der Waals surface area contributed by atoms with Crippen LogP contribution in [0.1, 0.15) is 48.9 Å². The lowest BCUT2D eigenvalue weighted by Crippen LogP contribution is -2.43. The molecule has 32 heavy (non-hydrogen) atoms. The molecule has 0 unspecified atom stereocenters. The van der Waals surface area contributed by atoms with Crippen molar-refractivity contribution < 1.29 is 19.0 Å². The molecule has 1 aromatic heterocycles. The van der Waals surface area contributed by atoms with Crippen molar-refractivity contribution in [3.8, 4) is 17.2 Å². The van der Waals surface area contributed by atoms with Crippen LogP contribution in [-0.2, 0) is 0 Å². The van der Waals surface area contributed by atoms with Crippen LogP contribution < -0.4 is 19.5 Å². The molecule has 2 heterocycles. The van der Waals surface area contributed by atoms with Gasteiger partial charge in [0.2, 0.25) is 0 Å². The van der Waals surface area contributed by atoms with Gasteiger partial charge in [-0.1, -0.05) is 12.8 Å². The highest BCUT2D eigenvalue weighted by molar-refractivity contribution is 5.97. The van der Waals surface area contributed by atoms with E-state index in [9.17, 15) is 4.79 Å². The number of amides is 1. The number of piperidine rings is 1. The Bertz CT molecular complexity index is 863. The Kier molecular flexibility index (Phi) is 7.82. The largest absolute Gasteiger partial charge is 0.497 e. The van der Waals surface area contributed by atoms with E-state index in [2.05, 4.69) is 15.2 Å². The van der Waals surface area contributed by atoms with E-state index >= 15 is 0 Å². The van der Waals surface area contributed by atoms with Gasteiger partial charge < -0.3 is 24.4 Å². The predicted octanol–water partition coefficient (Wildman–Crippen LogP) is 3.68. The van der Waals surface area contributed by atoms with Crippen molar-refractivity contribution in [2.24, 2.45) is 0 Å². The summed E-state index contributed by atoms with van der Waals surface area (Å²) in [6, 6.07) is 9.81. The number of benzene rings is 1. The number of carbonyl (C=O) groups excluding carboxylic acids is 1. The van der Waals surface area contributed by atoms with Crippen LogP contribution >= 0.6 is 0 Å². The molecule has 172 valence electrons. The number of carbonyl (C=O) groups is 1. The van der Waals surface area contributed by atoms with Crippen molar-refractivity contribution in [3.63, 3.8) is 0 Å². The van der Waals surface area contributed by atoms with Gasteiger partial charge >= 0.3 is 0 Å². The van der Waals surface area contributed by atoms with Gasteiger partial charge in [0.05, 0.1) is 25.4 Å². The van der Waals surface area contributed by atoms with E-state index in [0.717, 1.165) is 32.0 Å². The number of aromatic nitrogens is 1. The quantitative estimate of drug-likeness (QED) is 0.601. The van der Waals surface area contributed by atoms with Crippen molar-refractivity contribution >= 4 is 5.91 Å². The van der Waals surface area contributed by atoms with Gasteiger partial charge in [-0.15, -0.1) is 0 Å². The van der Waals surface area contributed by atoms with Crippen LogP contribution in [0.5, 0.6) is 17.2 Å². The molecule has 1 aromatic carbocycles. The normalized spacial score (nSPS) is 17.8. The molecule has 1 aliphatic carbocycles. The Balaban J connectivity index is 1.31. The first-order valence-electron chi connectivity index (χ1n) is 11.6. The molecule has 0 bridgehead atoms. The Hall–Kier alpha value is -2.80. The summed E-state index contributed by atoms with van der Waals surface area (Å²) in [5.41, 5.74) is 0.490. The average molecular weight is 440 g/mol. The van der Waals surface area contributed by atoms with Gasteiger partial charge in [-0.2, -0.15) is 0 Å². The number of methoxy groups -OCH3 is 1. The summed E-state index contributed by atoms with van der Waals surface area (Å²) < 4.78 is 17.2. The maximum atomic E-state index is 12.9. The fourth-order valence-electron chi connectivity index (χ4n) is 4.59. The lowest BCUT2D eigenvalue weighted by molar-refractivity contribution is 0.0749. The maximum Gasteiger partial charge on any atom is 0.255 e. The standard InChI is InChI=1S/C25H33N3O4/c1-30-21-8-9-24(32-20-10-14-28(15-11-20)19-5-2-3-6-19)23(17-21)25(29)27-13-16-31-22-7-4-12-26-18-22/h4,7-9,12,17-20H,2-3,5-6,10-11,13-16H2,1H3,(H,27,29). The minimum absolute atomic E-state index is 0.126. The summed E-state index contributed by atoms with van der Waals surface area (Å²) in [7, 11) is 1.60. The van der Waals surface area contributed by atoms with Crippen LogP contribution in [0.25, 0.3) is 0 Å². The number of hydrogen-bond donors (Lipinski definition) is 1. The number of rotatable bonds is 9. The molecule has 0 spiro atoms. The molecule has 7 heteroatoms. The molecule has 2 aromatic rings. The first kappa shape index (κ1) is 22.4. The highest BCUT2D eigenvalue weighted by Crippen LogP contribution is 2.30. The van der Waals surface area contributed by atoms with Crippen molar-refractivity contribution in [3.05, 3.63) is 48.3 Å². The molecule has 0 atom stereocenters. The van der Waals surface area contributed by atoms with Crippen LogP contribution in [-0.4, -0.2) is 61.3 Å². The average Bonchev–Trinajstić information content (AvgIpc) is 3.38. The highest BCUT2D eigenvalue weighted by Gasteiger charge is 2.28. The number of likely N-dealkylation sites (tertiary alicyclic amines) is 1. The fourth-order valence-corrected chi connectivity index (χ4v) is 4.59. The van der Waals surface area contributed by atoms with Gasteiger partial charge in [0, 0.05) is 25.3 Å². The van der Waals surface area contributed by atoms with Crippen LogP contribution in [0, 0.1) is 0 Å². The monoisotopic (exact) mass is 439 g/mol. The fraction of sp³-hybridized carbons (Fsp3) is 0.520. The lowest BCUT2D eigenvalue weighted by atomic mass is 10.0. The predicted molar refractivity (Wildman–Crippen MR) is 123 cm³/mol. The van der Waals surface area contributed by atoms with Gasteiger partial charge in [-0.25, -0.2) is 0 Å². The van der Waals surface area contributed by atoms with Gasteiger partial charge in [-0.05, 0) is 56.0 Å². The maximum absolute atomic E-state index is 12.9. The minimum atomic E-state index is -0.197. The summed E-state index contributed by atoms with van der Waals surface area (Å²) in [6.45, 7) is 2.87. The smallest absolute Gasteiger partial charge is 0.255 e. The zero-order chi connectivity index (χ0) is 22.2. The van der Waals surface area contributed by atoms with Crippen LogP contribution in [0.3, 0.4) is 0 Å². The molecule has 1 N–H and O–H groups in total. The Morgan fingerprint density at radius 1 is 1.12 bits per heavy atom. The van der Waals surface area contributed by atoms with E-state index in [1.807, 2.05) is 24.3 Å². The van der Waals surface area contributed by atoms with Crippen LogP contribution in [0.4, 0.5) is 0 Å². The second kappa shape index (κ2) is 11.2.